The third kappa shape index (κ3) is 8.61. The van der Waals surface area contributed by atoms with Crippen molar-refractivity contribution < 1.29 is 24.2 Å². The molecule has 2 heterocycles. The Labute approximate surface area is 305 Å². The Balaban J connectivity index is 1.23. The molecule has 1 saturated heterocycles. The fourth-order valence-corrected chi connectivity index (χ4v) is 6.62. The number of hydrogen-bond acceptors (Lipinski definition) is 5. The van der Waals surface area contributed by atoms with Crippen molar-refractivity contribution in [3.63, 3.8) is 0 Å². The number of ether oxygens (including phenoxy) is 2. The van der Waals surface area contributed by atoms with Gasteiger partial charge in [0, 0.05) is 38.7 Å². The molecule has 0 bridgehead atoms. The topological polar surface area (TPSA) is 97.1 Å². The molecule has 2 amide bonds. The van der Waals surface area contributed by atoms with Crippen LogP contribution >= 0.6 is 0 Å². The van der Waals surface area contributed by atoms with Crippen LogP contribution in [0.15, 0.2) is 115 Å². The Bertz CT molecular complexity index is 2030. The smallest absolute Gasteiger partial charge is 0.407 e. The minimum atomic E-state index is -1.09. The molecule has 0 aliphatic carbocycles. The van der Waals surface area contributed by atoms with Crippen LogP contribution in [0.2, 0.25) is 0 Å². The first kappa shape index (κ1) is 36.1. The Hall–Kier alpha value is -5.67. The second kappa shape index (κ2) is 17.0. The van der Waals surface area contributed by atoms with E-state index in [4.69, 9.17) is 14.6 Å². The van der Waals surface area contributed by atoms with Gasteiger partial charge in [-0.05, 0) is 88.9 Å². The number of likely N-dealkylation sites (N-methyl/N-ethyl adjacent to an activating group) is 1. The van der Waals surface area contributed by atoms with E-state index < -0.39 is 6.09 Å². The van der Waals surface area contributed by atoms with E-state index in [2.05, 4.69) is 61.5 Å². The molecule has 1 aliphatic heterocycles. The minimum absolute atomic E-state index is 0.0348. The van der Waals surface area contributed by atoms with Crippen molar-refractivity contribution in [3.8, 4) is 5.75 Å². The number of allylic oxidation sites excluding steroid dienone is 1. The van der Waals surface area contributed by atoms with Gasteiger partial charge in [0.15, 0.2) is 6.23 Å². The van der Waals surface area contributed by atoms with E-state index in [9.17, 15) is 14.7 Å². The van der Waals surface area contributed by atoms with E-state index in [1.807, 2.05) is 59.4 Å². The fraction of sp³-hybridized carbons (Fsp3) is 0.279. The number of benzene rings is 4. The average Bonchev–Trinajstić information content (AvgIpc) is 3.61. The zero-order valence-corrected chi connectivity index (χ0v) is 30.1. The third-order valence-corrected chi connectivity index (χ3v) is 9.38. The molecule has 1 aliphatic rings. The molecule has 9 heteroatoms. The average molecular weight is 699 g/mol. The van der Waals surface area contributed by atoms with Crippen LogP contribution in [-0.4, -0.2) is 77.1 Å². The number of fused-ring (bicyclic) bond motifs is 1. The van der Waals surface area contributed by atoms with Crippen molar-refractivity contribution in [2.24, 2.45) is 0 Å². The summed E-state index contributed by atoms with van der Waals surface area (Å²) in [6.45, 7) is 3.26. The second-order valence-electron chi connectivity index (χ2n) is 13.1. The largest absolute Gasteiger partial charge is 0.492 e. The molecule has 1 fully saturated rings. The van der Waals surface area contributed by atoms with Crippen LogP contribution in [0.5, 0.6) is 5.75 Å². The molecule has 0 spiro atoms. The highest BCUT2D eigenvalue weighted by Crippen LogP contribution is 2.37. The number of nitrogens with zero attached hydrogens (tertiary/aromatic N) is 4. The fourth-order valence-electron chi connectivity index (χ4n) is 6.62. The maximum absolute atomic E-state index is 12.6. The van der Waals surface area contributed by atoms with Gasteiger partial charge < -0.3 is 24.4 Å². The summed E-state index contributed by atoms with van der Waals surface area (Å²) in [5, 5.41) is 15.8. The molecule has 6 rings (SSSR count). The summed E-state index contributed by atoms with van der Waals surface area (Å²) < 4.78 is 14.1. The molecular weight excluding hydrogens is 652 g/mol. The molecule has 9 nitrogen and oxygen atoms in total. The van der Waals surface area contributed by atoms with Crippen LogP contribution < -0.4 is 4.74 Å². The third-order valence-electron chi connectivity index (χ3n) is 9.38. The number of carboxylic acid groups (broad SMARTS) is 1. The van der Waals surface area contributed by atoms with Crippen LogP contribution in [0.25, 0.3) is 27.6 Å². The lowest BCUT2D eigenvalue weighted by Gasteiger charge is -2.23. The van der Waals surface area contributed by atoms with E-state index in [0.29, 0.717) is 11.3 Å². The Morgan fingerprint density at radius 2 is 1.60 bits per heavy atom. The molecule has 1 atom stereocenters. The highest BCUT2D eigenvalue weighted by atomic mass is 16.5. The lowest BCUT2D eigenvalue weighted by Crippen LogP contribution is -2.35. The molecule has 0 saturated carbocycles. The summed E-state index contributed by atoms with van der Waals surface area (Å²) in [5.74, 6) is 0.425. The van der Waals surface area contributed by atoms with Gasteiger partial charge in [-0.15, -0.1) is 0 Å². The number of aromatic nitrogens is 2. The lowest BCUT2D eigenvalue weighted by atomic mass is 9.88. The van der Waals surface area contributed by atoms with E-state index in [0.717, 1.165) is 71.0 Å². The lowest BCUT2D eigenvalue weighted by molar-refractivity contribution is -0.123. The van der Waals surface area contributed by atoms with Crippen LogP contribution in [0.3, 0.4) is 0 Å². The normalized spacial score (nSPS) is 15.2. The van der Waals surface area contributed by atoms with Gasteiger partial charge >= 0.3 is 6.09 Å². The summed E-state index contributed by atoms with van der Waals surface area (Å²) in [6.07, 6.45) is 6.31. The van der Waals surface area contributed by atoms with Gasteiger partial charge in [-0.3, -0.25) is 4.79 Å². The summed E-state index contributed by atoms with van der Waals surface area (Å²) in [5.41, 5.74) is 8.13. The quantitative estimate of drug-likeness (QED) is 0.0977. The van der Waals surface area contributed by atoms with Crippen molar-refractivity contribution in [1.29, 1.82) is 0 Å². The minimum Gasteiger partial charge on any atom is -0.492 e. The van der Waals surface area contributed by atoms with Gasteiger partial charge in [0.25, 0.3) is 0 Å². The maximum Gasteiger partial charge on any atom is 0.407 e. The number of rotatable bonds is 13. The van der Waals surface area contributed by atoms with E-state index in [1.165, 1.54) is 21.4 Å². The monoisotopic (exact) mass is 698 g/mol. The van der Waals surface area contributed by atoms with Gasteiger partial charge in [-0.2, -0.15) is 5.10 Å². The number of hydrogen-bond donors (Lipinski definition) is 1. The van der Waals surface area contributed by atoms with Crippen molar-refractivity contribution >= 4 is 39.6 Å². The van der Waals surface area contributed by atoms with Crippen LogP contribution in [0.4, 0.5) is 4.79 Å². The molecule has 1 unspecified atom stereocenters. The molecule has 0 radical (unpaired) electrons. The zero-order chi connectivity index (χ0) is 36.5. The first-order valence-electron chi connectivity index (χ1n) is 17.9. The predicted molar refractivity (Wildman–Crippen MR) is 206 cm³/mol. The molecule has 1 aromatic heterocycles. The van der Waals surface area contributed by atoms with Crippen LogP contribution in [0.1, 0.15) is 61.1 Å². The maximum atomic E-state index is 12.6. The number of carbonyl (C=O) groups excluding carboxylic acids is 1. The van der Waals surface area contributed by atoms with Crippen LogP contribution in [0, 0.1) is 0 Å². The number of carbonyl (C=O) groups is 2. The summed E-state index contributed by atoms with van der Waals surface area (Å²) >= 11 is 0. The highest BCUT2D eigenvalue weighted by Gasteiger charge is 2.21. The number of amides is 2. The molecule has 52 heavy (non-hydrogen) atoms. The summed E-state index contributed by atoms with van der Waals surface area (Å²) in [6, 6.07) is 34.3. The standard InChI is InChI=1S/C43H46N4O5/c1-4-38(32-15-9-6-10-16-32)42(34-20-23-39-35(27-34)29-44-47(39)41-17-11-12-25-52-41)33-18-21-37(22-19-33)51-26-24-46(43(49)50)30-36(28-40(48)45(2)3)31-13-7-5-8-14-31/h5-10,13-16,18-23,27-29,41H,4,11-12,17,24-26,30H2,1-3H3,(H,49,50)/b36-28-,42-38+. The molecule has 1 N–H and O–H groups in total. The van der Waals surface area contributed by atoms with Crippen LogP contribution in [-0.2, 0) is 9.53 Å². The molecular formula is C43H46N4O5. The Kier molecular flexibility index (Phi) is 11.8. The Morgan fingerprint density at radius 3 is 2.23 bits per heavy atom. The SMILES string of the molecule is CC/C(=C(/c1ccc(OCCN(C/C(=C/C(=O)N(C)C)c2ccccc2)C(=O)O)cc1)c1ccc2c(cnn2C2CCCCO2)c1)c1ccccc1. The van der Waals surface area contributed by atoms with Gasteiger partial charge in [0.1, 0.15) is 12.4 Å². The second-order valence-corrected chi connectivity index (χ2v) is 13.1. The van der Waals surface area contributed by atoms with Crippen molar-refractivity contribution in [3.05, 3.63) is 138 Å². The Morgan fingerprint density at radius 1 is 0.904 bits per heavy atom. The van der Waals surface area contributed by atoms with E-state index in [-0.39, 0.29) is 31.8 Å². The first-order chi connectivity index (χ1) is 25.3. The van der Waals surface area contributed by atoms with Crippen molar-refractivity contribution in [2.45, 2.75) is 38.8 Å². The molecule has 4 aromatic carbocycles. The zero-order valence-electron chi connectivity index (χ0n) is 30.1. The molecule has 5 aromatic rings. The van der Waals surface area contributed by atoms with Gasteiger partial charge in [-0.25, -0.2) is 9.48 Å². The van der Waals surface area contributed by atoms with Crippen molar-refractivity contribution in [2.75, 3.05) is 40.4 Å². The summed E-state index contributed by atoms with van der Waals surface area (Å²) in [4.78, 5) is 27.6. The highest BCUT2D eigenvalue weighted by molar-refractivity contribution is 6.00. The molecule has 268 valence electrons. The van der Waals surface area contributed by atoms with Crippen molar-refractivity contribution in [1.82, 2.24) is 19.6 Å². The summed E-state index contributed by atoms with van der Waals surface area (Å²) in [7, 11) is 3.33. The van der Waals surface area contributed by atoms with Gasteiger partial charge in [0.2, 0.25) is 5.91 Å². The van der Waals surface area contributed by atoms with Gasteiger partial charge in [-0.1, -0.05) is 85.8 Å². The van der Waals surface area contributed by atoms with Gasteiger partial charge in [0.05, 0.1) is 18.3 Å². The van der Waals surface area contributed by atoms with E-state index >= 15 is 0 Å². The predicted octanol–water partition coefficient (Wildman–Crippen LogP) is 8.64. The first-order valence-corrected chi connectivity index (χ1v) is 17.9. The van der Waals surface area contributed by atoms with E-state index in [1.54, 1.807) is 14.1 Å².